The van der Waals surface area contributed by atoms with Gasteiger partial charge in [-0.15, -0.1) is 0 Å². The number of allylic oxidation sites excluding steroid dienone is 3. The van der Waals surface area contributed by atoms with Gasteiger partial charge in [-0.1, -0.05) is 160 Å². The number of nitrogens with one attached hydrogen (secondary N) is 1. The fraction of sp³-hybridized carbons (Fsp3) is 0.881. The van der Waals surface area contributed by atoms with Crippen LogP contribution in [0.5, 0.6) is 0 Å². The molecule has 0 heterocycles. The Kier molecular flexibility index (Phi) is 34.0. The van der Waals surface area contributed by atoms with Crippen LogP contribution in [0.25, 0.3) is 0 Å². The van der Waals surface area contributed by atoms with Gasteiger partial charge in [0.15, 0.2) is 0 Å². The second-order valence-corrected chi connectivity index (χ2v) is 17.2. The van der Waals surface area contributed by atoms with Crippen molar-refractivity contribution >= 4 is 13.7 Å². The van der Waals surface area contributed by atoms with Crippen LogP contribution in [0, 0.1) is 0 Å². The lowest BCUT2D eigenvalue weighted by molar-refractivity contribution is -0.870. The van der Waals surface area contributed by atoms with E-state index in [0.717, 1.165) is 51.4 Å². The summed E-state index contributed by atoms with van der Waals surface area (Å²) in [5.41, 5.74) is 0. The number of quaternary nitrogens is 1. The van der Waals surface area contributed by atoms with Gasteiger partial charge in [-0.2, -0.15) is 0 Å². The molecule has 0 aromatic rings. The number of carbonyl (C=O) groups is 1. The van der Waals surface area contributed by atoms with E-state index >= 15 is 0 Å². The monoisotopic (exact) mass is 744 g/mol. The van der Waals surface area contributed by atoms with Crippen LogP contribution in [0.3, 0.4) is 0 Å². The van der Waals surface area contributed by atoms with Gasteiger partial charge in [0.1, 0.15) is 13.2 Å². The Morgan fingerprint density at radius 1 is 0.647 bits per heavy atom. The highest BCUT2D eigenvalue weighted by Gasteiger charge is 2.27. The second kappa shape index (κ2) is 34.7. The van der Waals surface area contributed by atoms with E-state index in [0.29, 0.717) is 17.4 Å². The molecule has 51 heavy (non-hydrogen) atoms. The van der Waals surface area contributed by atoms with E-state index in [4.69, 9.17) is 9.05 Å². The number of hydrogen-bond donors (Lipinski definition) is 3. The van der Waals surface area contributed by atoms with Gasteiger partial charge in [-0.05, 0) is 44.9 Å². The molecule has 8 nitrogen and oxygen atoms in total. The summed E-state index contributed by atoms with van der Waals surface area (Å²) in [5, 5.41) is 13.8. The normalized spacial score (nSPS) is 14.7. The van der Waals surface area contributed by atoms with Gasteiger partial charge in [0.2, 0.25) is 5.91 Å². The molecule has 3 atom stereocenters. The van der Waals surface area contributed by atoms with Crippen molar-refractivity contribution in [3.05, 3.63) is 24.3 Å². The molecule has 0 radical (unpaired) electrons. The van der Waals surface area contributed by atoms with Crippen molar-refractivity contribution in [1.29, 1.82) is 0 Å². The van der Waals surface area contributed by atoms with Crippen LogP contribution in [-0.4, -0.2) is 73.4 Å². The van der Waals surface area contributed by atoms with Gasteiger partial charge in [-0.25, -0.2) is 4.57 Å². The quantitative estimate of drug-likeness (QED) is 0.0252. The number of hydrogen-bond acceptors (Lipinski definition) is 5. The van der Waals surface area contributed by atoms with Crippen LogP contribution in [0.4, 0.5) is 0 Å². The molecule has 9 heteroatoms. The molecule has 0 aliphatic rings. The Morgan fingerprint density at radius 2 is 1.06 bits per heavy atom. The molecule has 1 amide bonds. The summed E-state index contributed by atoms with van der Waals surface area (Å²) < 4.78 is 23.5. The molecule has 0 aromatic carbocycles. The topological polar surface area (TPSA) is 105 Å². The number of phosphoric acid groups is 1. The molecule has 0 spiro atoms. The highest BCUT2D eigenvalue weighted by Crippen LogP contribution is 2.43. The standard InChI is InChI=1S/C42H83N2O6P/c1-6-8-10-12-14-16-18-20-22-24-26-28-30-32-34-36-42(46)43-40(39-50-51(47,48)49-38-37-44(3,4)5)41(45)35-33-31-29-27-25-23-21-19-17-15-13-11-9-7-2/h20,22,33,35,40-41,45H,6-19,21,23-32,34,36-39H2,1-5H3,(H-,43,46,47,48)/p+1/b22-20+,35-33+/t40-,41+/m0/s1. The maximum atomic E-state index is 12.8. The average Bonchev–Trinajstić information content (AvgIpc) is 3.07. The summed E-state index contributed by atoms with van der Waals surface area (Å²) in [5.74, 6) is -0.187. The highest BCUT2D eigenvalue weighted by atomic mass is 31.2. The Labute approximate surface area is 315 Å². The number of phosphoric ester groups is 1. The largest absolute Gasteiger partial charge is 0.472 e. The Hall–Kier alpha value is -1.02. The summed E-state index contributed by atoms with van der Waals surface area (Å²) in [6, 6.07) is -0.846. The van der Waals surface area contributed by atoms with Gasteiger partial charge < -0.3 is 19.8 Å². The van der Waals surface area contributed by atoms with Crippen molar-refractivity contribution in [3.8, 4) is 0 Å². The first kappa shape index (κ1) is 50.0. The number of aliphatic hydroxyl groups excluding tert-OH is 1. The van der Waals surface area contributed by atoms with E-state index in [1.807, 2.05) is 27.2 Å². The molecule has 302 valence electrons. The second-order valence-electron chi connectivity index (χ2n) is 15.7. The minimum absolute atomic E-state index is 0.0608. The van der Waals surface area contributed by atoms with Gasteiger partial charge in [0.05, 0.1) is 39.9 Å². The van der Waals surface area contributed by atoms with Crippen LogP contribution in [0.15, 0.2) is 24.3 Å². The van der Waals surface area contributed by atoms with E-state index < -0.39 is 20.0 Å². The molecule has 0 fully saturated rings. The van der Waals surface area contributed by atoms with Crippen LogP contribution >= 0.6 is 7.82 Å². The molecule has 0 rings (SSSR count). The summed E-state index contributed by atoms with van der Waals surface area (Å²) in [7, 11) is 1.57. The molecule has 0 saturated heterocycles. The summed E-state index contributed by atoms with van der Waals surface area (Å²) in [4.78, 5) is 23.0. The molecule has 1 unspecified atom stereocenters. The third kappa shape index (κ3) is 37.1. The van der Waals surface area contributed by atoms with Crippen molar-refractivity contribution in [2.24, 2.45) is 0 Å². The number of rotatable bonds is 38. The van der Waals surface area contributed by atoms with Crippen molar-refractivity contribution in [2.45, 2.75) is 199 Å². The molecule has 0 aliphatic carbocycles. The lowest BCUT2D eigenvalue weighted by Gasteiger charge is -2.25. The van der Waals surface area contributed by atoms with Crippen LogP contribution in [0.1, 0.15) is 187 Å². The summed E-state index contributed by atoms with van der Waals surface area (Å²) in [6.45, 7) is 4.79. The molecule has 0 bridgehead atoms. The predicted molar refractivity (Wildman–Crippen MR) is 217 cm³/mol. The molecule has 0 aromatic heterocycles. The first-order valence-electron chi connectivity index (χ1n) is 21.2. The predicted octanol–water partition coefficient (Wildman–Crippen LogP) is 11.4. The molecule has 0 saturated carbocycles. The molecular formula is C42H84N2O6P+. The van der Waals surface area contributed by atoms with E-state index in [1.165, 1.54) is 116 Å². The fourth-order valence-electron chi connectivity index (χ4n) is 5.98. The van der Waals surface area contributed by atoms with Gasteiger partial charge in [0, 0.05) is 6.42 Å². The maximum absolute atomic E-state index is 12.8. The number of nitrogens with zero attached hydrogens (tertiary/aromatic N) is 1. The lowest BCUT2D eigenvalue weighted by Crippen LogP contribution is -2.45. The van der Waals surface area contributed by atoms with Crippen molar-refractivity contribution in [3.63, 3.8) is 0 Å². The van der Waals surface area contributed by atoms with E-state index in [-0.39, 0.29) is 19.1 Å². The zero-order chi connectivity index (χ0) is 37.9. The van der Waals surface area contributed by atoms with Gasteiger partial charge in [0.25, 0.3) is 0 Å². The van der Waals surface area contributed by atoms with Crippen molar-refractivity contribution in [1.82, 2.24) is 5.32 Å². The summed E-state index contributed by atoms with van der Waals surface area (Å²) in [6.07, 6.45) is 39.5. The Bertz CT molecular complexity index is 891. The van der Waals surface area contributed by atoms with Crippen LogP contribution in [-0.2, 0) is 18.4 Å². The summed E-state index contributed by atoms with van der Waals surface area (Å²) >= 11 is 0. The lowest BCUT2D eigenvalue weighted by atomic mass is 10.0. The third-order valence-electron chi connectivity index (χ3n) is 9.42. The zero-order valence-corrected chi connectivity index (χ0v) is 35.0. The number of aliphatic hydroxyl groups is 1. The van der Waals surface area contributed by atoms with Gasteiger partial charge >= 0.3 is 7.82 Å². The third-order valence-corrected chi connectivity index (χ3v) is 10.4. The number of unbranched alkanes of at least 4 members (excludes halogenated alkanes) is 23. The number of amides is 1. The Balaban J connectivity index is 4.48. The zero-order valence-electron chi connectivity index (χ0n) is 34.1. The molecule has 0 aliphatic heterocycles. The first-order valence-corrected chi connectivity index (χ1v) is 22.7. The number of carbonyl (C=O) groups excluding carboxylic acids is 1. The smallest absolute Gasteiger partial charge is 0.387 e. The van der Waals surface area contributed by atoms with E-state index in [9.17, 15) is 19.4 Å². The minimum atomic E-state index is -4.33. The SMILES string of the molecule is CCCCCCCC/C=C/CCCCCCCC(=O)N[C@@H](COP(=O)(O)OCC[N+](C)(C)C)[C@H](O)/C=C/CCCCCCCCCCCCCC. The highest BCUT2D eigenvalue weighted by molar-refractivity contribution is 7.47. The fourth-order valence-corrected chi connectivity index (χ4v) is 6.71. The van der Waals surface area contributed by atoms with Crippen LogP contribution < -0.4 is 5.32 Å². The average molecular weight is 744 g/mol. The van der Waals surface area contributed by atoms with Crippen LogP contribution in [0.2, 0.25) is 0 Å². The Morgan fingerprint density at radius 3 is 1.51 bits per heavy atom. The number of likely N-dealkylation sites (N-methyl/N-ethyl adjacent to an activating group) is 1. The van der Waals surface area contributed by atoms with E-state index in [2.05, 4.69) is 31.3 Å². The minimum Gasteiger partial charge on any atom is -0.387 e. The van der Waals surface area contributed by atoms with Crippen molar-refractivity contribution < 1.29 is 32.9 Å². The molecular weight excluding hydrogens is 659 g/mol. The molecule has 3 N–H and O–H groups in total. The van der Waals surface area contributed by atoms with E-state index in [1.54, 1.807) is 6.08 Å². The maximum Gasteiger partial charge on any atom is 0.472 e. The first-order chi connectivity index (χ1) is 24.5. The van der Waals surface area contributed by atoms with Gasteiger partial charge in [-0.3, -0.25) is 13.8 Å². The van der Waals surface area contributed by atoms with Crippen molar-refractivity contribution in [2.75, 3.05) is 40.9 Å².